The minimum absolute atomic E-state index is 0.132. The largest absolute Gasteiger partial charge is 0.316 e. The number of rotatable bonds is 5. The van der Waals surface area contributed by atoms with Crippen LogP contribution in [-0.2, 0) is 6.42 Å². The molecular formula is C16H23BrFN. The zero-order valence-corrected chi connectivity index (χ0v) is 13.2. The molecule has 0 aliphatic heterocycles. The van der Waals surface area contributed by atoms with Crippen molar-refractivity contribution in [2.75, 3.05) is 13.1 Å². The third-order valence-corrected chi connectivity index (χ3v) is 5.01. The second-order valence-electron chi connectivity index (χ2n) is 5.75. The van der Waals surface area contributed by atoms with Gasteiger partial charge in [-0.15, -0.1) is 0 Å². The first-order valence-electron chi connectivity index (χ1n) is 7.30. The van der Waals surface area contributed by atoms with Gasteiger partial charge in [0, 0.05) is 11.0 Å². The fourth-order valence-corrected chi connectivity index (χ4v) is 3.58. The Bertz CT molecular complexity index is 413. The van der Waals surface area contributed by atoms with Crippen molar-refractivity contribution in [2.45, 2.75) is 45.4 Å². The SMILES string of the molecule is CCNCC1(Cc2cc(F)ccc2Br)CCCCC1. The molecule has 0 saturated heterocycles. The van der Waals surface area contributed by atoms with Crippen molar-refractivity contribution in [1.29, 1.82) is 0 Å². The van der Waals surface area contributed by atoms with E-state index in [2.05, 4.69) is 28.2 Å². The van der Waals surface area contributed by atoms with E-state index < -0.39 is 0 Å². The molecule has 1 saturated carbocycles. The van der Waals surface area contributed by atoms with Gasteiger partial charge in [-0.1, -0.05) is 42.1 Å². The van der Waals surface area contributed by atoms with Crippen LogP contribution < -0.4 is 5.32 Å². The Morgan fingerprint density at radius 1 is 1.26 bits per heavy atom. The van der Waals surface area contributed by atoms with Gasteiger partial charge in [-0.25, -0.2) is 4.39 Å². The van der Waals surface area contributed by atoms with Crippen molar-refractivity contribution in [3.05, 3.63) is 34.1 Å². The van der Waals surface area contributed by atoms with Crippen molar-refractivity contribution in [2.24, 2.45) is 5.41 Å². The van der Waals surface area contributed by atoms with Gasteiger partial charge in [0.1, 0.15) is 5.82 Å². The highest BCUT2D eigenvalue weighted by Crippen LogP contribution is 2.40. The zero-order valence-electron chi connectivity index (χ0n) is 11.6. The van der Waals surface area contributed by atoms with Crippen LogP contribution >= 0.6 is 15.9 Å². The molecule has 0 aromatic heterocycles. The van der Waals surface area contributed by atoms with Crippen LogP contribution in [0.15, 0.2) is 22.7 Å². The maximum Gasteiger partial charge on any atom is 0.123 e. The first kappa shape index (κ1) is 15.0. The lowest BCUT2D eigenvalue weighted by molar-refractivity contribution is 0.181. The van der Waals surface area contributed by atoms with E-state index in [4.69, 9.17) is 0 Å². The highest BCUT2D eigenvalue weighted by molar-refractivity contribution is 9.10. The molecule has 0 amide bonds. The molecule has 0 radical (unpaired) electrons. The van der Waals surface area contributed by atoms with Gasteiger partial charge in [-0.2, -0.15) is 0 Å². The predicted octanol–water partition coefficient (Wildman–Crippen LogP) is 4.69. The van der Waals surface area contributed by atoms with Gasteiger partial charge >= 0.3 is 0 Å². The van der Waals surface area contributed by atoms with Gasteiger partial charge in [0.2, 0.25) is 0 Å². The Balaban J connectivity index is 2.16. The fourth-order valence-electron chi connectivity index (χ4n) is 3.19. The highest BCUT2D eigenvalue weighted by atomic mass is 79.9. The van der Waals surface area contributed by atoms with E-state index >= 15 is 0 Å². The van der Waals surface area contributed by atoms with Crippen LogP contribution in [0.3, 0.4) is 0 Å². The van der Waals surface area contributed by atoms with E-state index in [0.29, 0.717) is 5.41 Å². The number of halogens is 2. The first-order chi connectivity index (χ1) is 9.15. The number of benzene rings is 1. The maximum atomic E-state index is 13.4. The summed E-state index contributed by atoms with van der Waals surface area (Å²) in [6, 6.07) is 5.03. The van der Waals surface area contributed by atoms with Gasteiger partial charge in [0.25, 0.3) is 0 Å². The Morgan fingerprint density at radius 2 is 2.00 bits per heavy atom. The van der Waals surface area contributed by atoms with E-state index in [0.717, 1.165) is 29.5 Å². The molecule has 106 valence electrons. The molecule has 2 rings (SSSR count). The molecule has 0 heterocycles. The minimum atomic E-state index is -0.132. The van der Waals surface area contributed by atoms with Crippen LogP contribution in [0.25, 0.3) is 0 Å². The van der Waals surface area contributed by atoms with Gasteiger partial charge in [0.15, 0.2) is 0 Å². The molecule has 1 N–H and O–H groups in total. The zero-order chi connectivity index (χ0) is 13.7. The quantitative estimate of drug-likeness (QED) is 0.827. The number of hydrogen-bond donors (Lipinski definition) is 1. The third-order valence-electron chi connectivity index (χ3n) is 4.24. The summed E-state index contributed by atoms with van der Waals surface area (Å²) < 4.78 is 14.5. The van der Waals surface area contributed by atoms with Crippen molar-refractivity contribution in [3.63, 3.8) is 0 Å². The predicted molar refractivity (Wildman–Crippen MR) is 81.9 cm³/mol. The molecule has 1 nitrogen and oxygen atoms in total. The second kappa shape index (κ2) is 6.85. The van der Waals surface area contributed by atoms with Crippen LogP contribution in [0.1, 0.15) is 44.6 Å². The van der Waals surface area contributed by atoms with Gasteiger partial charge in [-0.05, 0) is 55.0 Å². The van der Waals surface area contributed by atoms with Crippen molar-refractivity contribution < 1.29 is 4.39 Å². The lowest BCUT2D eigenvalue weighted by Gasteiger charge is -2.38. The van der Waals surface area contributed by atoms with Crippen LogP contribution in [0.2, 0.25) is 0 Å². The topological polar surface area (TPSA) is 12.0 Å². The van der Waals surface area contributed by atoms with Crippen LogP contribution in [0, 0.1) is 11.2 Å². The first-order valence-corrected chi connectivity index (χ1v) is 8.09. The van der Waals surface area contributed by atoms with E-state index in [9.17, 15) is 4.39 Å². The summed E-state index contributed by atoms with van der Waals surface area (Å²) in [5, 5.41) is 3.50. The smallest absolute Gasteiger partial charge is 0.123 e. The molecule has 1 aromatic rings. The molecular weight excluding hydrogens is 305 g/mol. The normalized spacial score (nSPS) is 18.5. The van der Waals surface area contributed by atoms with E-state index in [1.165, 1.54) is 38.2 Å². The van der Waals surface area contributed by atoms with E-state index in [-0.39, 0.29) is 5.82 Å². The minimum Gasteiger partial charge on any atom is -0.316 e. The summed E-state index contributed by atoms with van der Waals surface area (Å²) in [5.74, 6) is -0.132. The number of nitrogens with one attached hydrogen (secondary N) is 1. The summed E-state index contributed by atoms with van der Waals surface area (Å²) in [4.78, 5) is 0. The molecule has 1 aliphatic carbocycles. The number of hydrogen-bond acceptors (Lipinski definition) is 1. The third kappa shape index (κ3) is 4.03. The summed E-state index contributed by atoms with van der Waals surface area (Å²) in [5.41, 5.74) is 1.42. The fraction of sp³-hybridized carbons (Fsp3) is 0.625. The Labute approximate surface area is 124 Å². The highest BCUT2D eigenvalue weighted by Gasteiger charge is 2.32. The van der Waals surface area contributed by atoms with Gasteiger partial charge in [-0.3, -0.25) is 0 Å². The van der Waals surface area contributed by atoms with Crippen molar-refractivity contribution >= 4 is 15.9 Å². The van der Waals surface area contributed by atoms with Gasteiger partial charge in [0.05, 0.1) is 0 Å². The lowest BCUT2D eigenvalue weighted by atomic mass is 9.70. The standard InChI is InChI=1S/C16H23BrFN/c1-2-19-12-16(8-4-3-5-9-16)11-13-10-14(18)6-7-15(13)17/h6-7,10,19H,2-5,8-9,11-12H2,1H3. The second-order valence-corrected chi connectivity index (χ2v) is 6.61. The summed E-state index contributed by atoms with van der Waals surface area (Å²) in [6.07, 6.45) is 7.43. The summed E-state index contributed by atoms with van der Waals surface area (Å²) in [6.45, 7) is 4.20. The summed E-state index contributed by atoms with van der Waals surface area (Å²) in [7, 11) is 0. The molecule has 0 bridgehead atoms. The van der Waals surface area contributed by atoms with E-state index in [1.54, 1.807) is 6.07 Å². The summed E-state index contributed by atoms with van der Waals surface area (Å²) >= 11 is 3.56. The molecule has 0 unspecified atom stereocenters. The van der Waals surface area contributed by atoms with Crippen molar-refractivity contribution in [3.8, 4) is 0 Å². The Kier molecular flexibility index (Phi) is 5.40. The van der Waals surface area contributed by atoms with Crippen LogP contribution in [-0.4, -0.2) is 13.1 Å². The van der Waals surface area contributed by atoms with E-state index in [1.807, 2.05) is 6.07 Å². The Morgan fingerprint density at radius 3 is 2.68 bits per heavy atom. The Hall–Kier alpha value is -0.410. The lowest BCUT2D eigenvalue weighted by Crippen LogP contribution is -2.38. The monoisotopic (exact) mass is 327 g/mol. The van der Waals surface area contributed by atoms with Crippen LogP contribution in [0.5, 0.6) is 0 Å². The maximum absolute atomic E-state index is 13.4. The molecule has 19 heavy (non-hydrogen) atoms. The average molecular weight is 328 g/mol. The average Bonchev–Trinajstić information content (AvgIpc) is 2.42. The molecule has 1 aliphatic rings. The van der Waals surface area contributed by atoms with Gasteiger partial charge < -0.3 is 5.32 Å². The molecule has 3 heteroatoms. The molecule has 1 fully saturated rings. The molecule has 0 atom stereocenters. The van der Waals surface area contributed by atoms with Crippen LogP contribution in [0.4, 0.5) is 4.39 Å². The molecule has 1 aromatic carbocycles. The van der Waals surface area contributed by atoms with Crippen molar-refractivity contribution in [1.82, 2.24) is 5.32 Å². The molecule has 0 spiro atoms.